The molecule has 0 aromatic heterocycles. The van der Waals surface area contributed by atoms with Gasteiger partial charge in [0.25, 0.3) is 0 Å². The Labute approximate surface area is 94.5 Å². The van der Waals surface area contributed by atoms with Crippen molar-refractivity contribution in [3.05, 3.63) is 34.9 Å². The van der Waals surface area contributed by atoms with Crippen molar-refractivity contribution in [1.82, 2.24) is 5.32 Å². The minimum absolute atomic E-state index is 0.694. The van der Waals surface area contributed by atoms with Crippen LogP contribution in [0.5, 0.6) is 0 Å². The fraction of sp³-hybridized carbons (Fsp3) is 0.500. The van der Waals surface area contributed by atoms with Crippen LogP contribution in [0.15, 0.2) is 18.2 Å². The lowest BCUT2D eigenvalue weighted by Crippen LogP contribution is -2.19. The summed E-state index contributed by atoms with van der Waals surface area (Å²) in [4.78, 5) is 0. The van der Waals surface area contributed by atoms with Crippen molar-refractivity contribution in [2.45, 2.75) is 20.4 Å². The summed E-state index contributed by atoms with van der Waals surface area (Å²) in [6, 6.07) is 6.48. The first kappa shape index (κ1) is 12.4. The van der Waals surface area contributed by atoms with Crippen LogP contribution in [0.1, 0.15) is 16.7 Å². The Balaban J connectivity index is 2.38. The van der Waals surface area contributed by atoms with Gasteiger partial charge in [-0.1, -0.05) is 18.2 Å². The van der Waals surface area contributed by atoms with Crippen molar-refractivity contribution in [2.24, 2.45) is 0 Å². The lowest BCUT2D eigenvalue weighted by atomic mass is 10.1. The topological polar surface area (TPSA) is 29.1 Å². The van der Waals surface area contributed by atoms with Gasteiger partial charge in [-0.15, -0.1) is 0 Å². The molecular formula is C12H19NOS. The molecule has 0 saturated carbocycles. The zero-order valence-electron chi connectivity index (χ0n) is 9.67. The Kier molecular flexibility index (Phi) is 4.99. The molecule has 1 aromatic carbocycles. The van der Waals surface area contributed by atoms with Gasteiger partial charge in [0, 0.05) is 35.9 Å². The Morgan fingerprint density at radius 1 is 1.27 bits per heavy atom. The molecule has 3 heteroatoms. The molecule has 1 atom stereocenters. The second-order valence-corrected chi connectivity index (χ2v) is 5.43. The molecule has 84 valence electrons. The summed E-state index contributed by atoms with van der Waals surface area (Å²) in [5.74, 6) is 0.727. The van der Waals surface area contributed by atoms with E-state index >= 15 is 0 Å². The lowest BCUT2D eigenvalue weighted by molar-refractivity contribution is 0.676. The third-order valence-electron chi connectivity index (χ3n) is 2.47. The van der Waals surface area contributed by atoms with E-state index in [1.165, 1.54) is 16.7 Å². The van der Waals surface area contributed by atoms with Crippen LogP contribution < -0.4 is 5.32 Å². The van der Waals surface area contributed by atoms with E-state index < -0.39 is 10.8 Å². The van der Waals surface area contributed by atoms with Crippen molar-refractivity contribution in [3.8, 4) is 0 Å². The van der Waals surface area contributed by atoms with Gasteiger partial charge in [0.05, 0.1) is 0 Å². The summed E-state index contributed by atoms with van der Waals surface area (Å²) in [6.45, 7) is 5.92. The van der Waals surface area contributed by atoms with Crippen LogP contribution in [0.4, 0.5) is 0 Å². The van der Waals surface area contributed by atoms with E-state index in [2.05, 4.69) is 37.4 Å². The SMILES string of the molecule is Cc1ccc(CNCC[S@@](C)=O)cc1C. The average molecular weight is 225 g/mol. The van der Waals surface area contributed by atoms with Crippen LogP contribution in [0.2, 0.25) is 0 Å². The lowest BCUT2D eigenvalue weighted by Gasteiger charge is -2.06. The molecule has 1 N–H and O–H groups in total. The van der Waals surface area contributed by atoms with Crippen molar-refractivity contribution < 1.29 is 4.21 Å². The Morgan fingerprint density at radius 3 is 2.60 bits per heavy atom. The molecule has 0 aliphatic carbocycles. The Hall–Kier alpha value is -0.670. The molecule has 0 spiro atoms. The standard InChI is InChI=1S/C12H19NOS/c1-10-4-5-12(8-11(10)2)9-13-6-7-15(3)14/h4-5,8,13H,6-7,9H2,1-3H3/t15-/m1/s1. The third kappa shape index (κ3) is 4.58. The molecule has 0 aliphatic rings. The maximum atomic E-state index is 10.8. The molecule has 0 radical (unpaired) electrons. The maximum Gasteiger partial charge on any atom is 0.0357 e. The van der Waals surface area contributed by atoms with Gasteiger partial charge >= 0.3 is 0 Å². The van der Waals surface area contributed by atoms with Crippen LogP contribution in [-0.2, 0) is 17.3 Å². The predicted molar refractivity (Wildman–Crippen MR) is 66.6 cm³/mol. The third-order valence-corrected chi connectivity index (χ3v) is 3.25. The minimum Gasteiger partial charge on any atom is -0.312 e. The van der Waals surface area contributed by atoms with Crippen LogP contribution in [0, 0.1) is 13.8 Å². The van der Waals surface area contributed by atoms with Crippen molar-refractivity contribution in [2.75, 3.05) is 18.6 Å². The largest absolute Gasteiger partial charge is 0.312 e. The minimum atomic E-state index is -0.694. The summed E-state index contributed by atoms with van der Waals surface area (Å²) in [5.41, 5.74) is 3.95. The van der Waals surface area contributed by atoms with Gasteiger partial charge in [-0.3, -0.25) is 4.21 Å². The van der Waals surface area contributed by atoms with E-state index in [4.69, 9.17) is 0 Å². The molecule has 1 aromatic rings. The van der Waals surface area contributed by atoms with E-state index in [-0.39, 0.29) is 0 Å². The molecule has 1 rings (SSSR count). The fourth-order valence-corrected chi connectivity index (χ4v) is 1.79. The summed E-state index contributed by atoms with van der Waals surface area (Å²) in [6.07, 6.45) is 1.73. The molecule has 0 aliphatic heterocycles. The molecular weight excluding hydrogens is 206 g/mol. The van der Waals surface area contributed by atoms with Crippen LogP contribution >= 0.6 is 0 Å². The number of hydrogen-bond acceptors (Lipinski definition) is 2. The summed E-state index contributed by atoms with van der Waals surface area (Å²) in [7, 11) is -0.694. The molecule has 0 bridgehead atoms. The van der Waals surface area contributed by atoms with Crippen LogP contribution in [0.3, 0.4) is 0 Å². The highest BCUT2D eigenvalue weighted by molar-refractivity contribution is 7.84. The number of rotatable bonds is 5. The Bertz CT molecular complexity index is 349. The number of hydrogen-bond donors (Lipinski definition) is 1. The van der Waals surface area contributed by atoms with Gasteiger partial charge in [0.1, 0.15) is 0 Å². The highest BCUT2D eigenvalue weighted by Gasteiger charge is 1.96. The van der Waals surface area contributed by atoms with Crippen LogP contribution in [0.25, 0.3) is 0 Å². The van der Waals surface area contributed by atoms with Gasteiger partial charge in [-0.2, -0.15) is 0 Å². The molecule has 0 heterocycles. The van der Waals surface area contributed by atoms with Crippen molar-refractivity contribution in [1.29, 1.82) is 0 Å². The maximum absolute atomic E-state index is 10.8. The molecule has 0 fully saturated rings. The zero-order chi connectivity index (χ0) is 11.3. The molecule has 2 nitrogen and oxygen atoms in total. The van der Waals surface area contributed by atoms with Crippen molar-refractivity contribution >= 4 is 10.8 Å². The quantitative estimate of drug-likeness (QED) is 0.774. The highest BCUT2D eigenvalue weighted by atomic mass is 32.2. The van der Waals surface area contributed by atoms with E-state index in [1.807, 2.05) is 0 Å². The zero-order valence-corrected chi connectivity index (χ0v) is 10.5. The second-order valence-electron chi connectivity index (χ2n) is 3.87. The highest BCUT2D eigenvalue weighted by Crippen LogP contribution is 2.09. The van der Waals surface area contributed by atoms with Gasteiger partial charge in [-0.25, -0.2) is 0 Å². The van der Waals surface area contributed by atoms with Crippen LogP contribution in [-0.4, -0.2) is 22.8 Å². The molecule has 0 unspecified atom stereocenters. The smallest absolute Gasteiger partial charge is 0.0357 e. The van der Waals surface area contributed by atoms with Gasteiger partial charge in [0.2, 0.25) is 0 Å². The Morgan fingerprint density at radius 2 is 2.00 bits per heavy atom. The van der Waals surface area contributed by atoms with Gasteiger partial charge < -0.3 is 5.32 Å². The van der Waals surface area contributed by atoms with E-state index in [0.29, 0.717) is 0 Å². The summed E-state index contributed by atoms with van der Waals surface area (Å²) < 4.78 is 10.8. The van der Waals surface area contributed by atoms with E-state index in [0.717, 1.165) is 18.8 Å². The number of nitrogens with one attached hydrogen (secondary N) is 1. The van der Waals surface area contributed by atoms with Gasteiger partial charge in [0.15, 0.2) is 0 Å². The monoisotopic (exact) mass is 225 g/mol. The molecule has 0 amide bonds. The number of aryl methyl sites for hydroxylation is 2. The first-order chi connectivity index (χ1) is 7.09. The fourth-order valence-electron chi connectivity index (χ4n) is 1.36. The predicted octanol–water partition coefficient (Wildman–Crippen LogP) is 1.77. The first-order valence-electron chi connectivity index (χ1n) is 5.16. The summed E-state index contributed by atoms with van der Waals surface area (Å²) >= 11 is 0. The van der Waals surface area contributed by atoms with E-state index in [9.17, 15) is 4.21 Å². The molecule has 15 heavy (non-hydrogen) atoms. The average Bonchev–Trinajstić information content (AvgIpc) is 2.18. The van der Waals surface area contributed by atoms with Crippen molar-refractivity contribution in [3.63, 3.8) is 0 Å². The first-order valence-corrected chi connectivity index (χ1v) is 6.89. The second kappa shape index (κ2) is 6.03. The van der Waals surface area contributed by atoms with Gasteiger partial charge in [-0.05, 0) is 30.5 Å². The summed E-state index contributed by atoms with van der Waals surface area (Å²) in [5, 5.41) is 3.29. The normalized spacial score (nSPS) is 12.7. The number of benzene rings is 1. The van der Waals surface area contributed by atoms with E-state index in [1.54, 1.807) is 6.26 Å². The molecule has 0 saturated heterocycles.